The highest BCUT2D eigenvalue weighted by Gasteiger charge is 2.08. The van der Waals surface area contributed by atoms with Crippen molar-refractivity contribution in [3.8, 4) is 11.5 Å². The summed E-state index contributed by atoms with van der Waals surface area (Å²) in [6.07, 6.45) is 0.752. The number of hydrogen-bond donors (Lipinski definition) is 0. The molecule has 2 aromatic rings. The molecule has 15 heavy (non-hydrogen) atoms. The van der Waals surface area contributed by atoms with Gasteiger partial charge in [-0.25, -0.2) is 0 Å². The van der Waals surface area contributed by atoms with Gasteiger partial charge in [0.25, 0.3) is 0 Å². The van der Waals surface area contributed by atoms with E-state index in [-0.39, 0.29) is 0 Å². The zero-order valence-electron chi connectivity index (χ0n) is 8.00. The van der Waals surface area contributed by atoms with Gasteiger partial charge in [0, 0.05) is 20.9 Å². The summed E-state index contributed by atoms with van der Waals surface area (Å²) in [4.78, 5) is 0. The van der Waals surface area contributed by atoms with Gasteiger partial charge in [0.1, 0.15) is 0 Å². The maximum atomic E-state index is 5.46. The van der Waals surface area contributed by atoms with Crippen molar-refractivity contribution in [2.24, 2.45) is 0 Å². The Kier molecular flexibility index (Phi) is 3.21. The van der Waals surface area contributed by atoms with Crippen LogP contribution in [0.25, 0.3) is 11.5 Å². The number of nitrogens with zero attached hydrogens (tertiary/aromatic N) is 2. The number of hydrogen-bond acceptors (Lipinski definition) is 3. The quantitative estimate of drug-likeness (QED) is 0.839. The minimum Gasteiger partial charge on any atom is -0.421 e. The van der Waals surface area contributed by atoms with Crippen molar-refractivity contribution < 1.29 is 4.42 Å². The number of rotatable bonds is 2. The molecule has 0 spiro atoms. The fourth-order valence-electron chi connectivity index (χ4n) is 1.19. The highest BCUT2D eigenvalue weighted by molar-refractivity contribution is 9.11. The third-order valence-electron chi connectivity index (χ3n) is 1.88. The molecule has 0 radical (unpaired) electrons. The Morgan fingerprint density at radius 2 is 1.80 bits per heavy atom. The number of benzene rings is 1. The zero-order valence-corrected chi connectivity index (χ0v) is 11.2. The van der Waals surface area contributed by atoms with Gasteiger partial charge in [-0.3, -0.25) is 0 Å². The van der Waals surface area contributed by atoms with Crippen LogP contribution < -0.4 is 0 Å². The van der Waals surface area contributed by atoms with Gasteiger partial charge in [-0.2, -0.15) is 0 Å². The molecule has 0 N–H and O–H groups in total. The lowest BCUT2D eigenvalue weighted by Crippen LogP contribution is -1.78. The first-order valence-electron chi connectivity index (χ1n) is 4.48. The topological polar surface area (TPSA) is 38.9 Å². The van der Waals surface area contributed by atoms with Crippen LogP contribution in [0.15, 0.2) is 31.6 Å². The van der Waals surface area contributed by atoms with Crippen LogP contribution in [-0.4, -0.2) is 10.2 Å². The van der Waals surface area contributed by atoms with Gasteiger partial charge in [-0.15, -0.1) is 10.2 Å². The maximum absolute atomic E-state index is 5.46. The lowest BCUT2D eigenvalue weighted by molar-refractivity contribution is 0.513. The number of aryl methyl sites for hydroxylation is 1. The Balaban J connectivity index is 2.44. The van der Waals surface area contributed by atoms with Crippen molar-refractivity contribution in [2.75, 3.05) is 0 Å². The van der Waals surface area contributed by atoms with Gasteiger partial charge in [-0.05, 0) is 18.2 Å². The average Bonchev–Trinajstić information content (AvgIpc) is 2.64. The van der Waals surface area contributed by atoms with Gasteiger partial charge < -0.3 is 4.42 Å². The van der Waals surface area contributed by atoms with Crippen LogP contribution in [0.1, 0.15) is 12.8 Å². The van der Waals surface area contributed by atoms with Crippen molar-refractivity contribution in [3.63, 3.8) is 0 Å². The van der Waals surface area contributed by atoms with Crippen LogP contribution in [0.4, 0.5) is 0 Å². The van der Waals surface area contributed by atoms with E-state index in [0.717, 1.165) is 20.9 Å². The summed E-state index contributed by atoms with van der Waals surface area (Å²) >= 11 is 6.83. The van der Waals surface area contributed by atoms with Crippen LogP contribution >= 0.6 is 31.9 Å². The minimum atomic E-state index is 0.550. The van der Waals surface area contributed by atoms with E-state index >= 15 is 0 Å². The van der Waals surface area contributed by atoms with Crippen LogP contribution in [-0.2, 0) is 6.42 Å². The van der Waals surface area contributed by atoms with Crippen molar-refractivity contribution >= 4 is 31.9 Å². The molecule has 0 bridgehead atoms. The second-order valence-corrected chi connectivity index (χ2v) is 4.84. The molecule has 0 atom stereocenters. The Labute approximate surface area is 104 Å². The van der Waals surface area contributed by atoms with Gasteiger partial charge in [0.2, 0.25) is 11.8 Å². The molecule has 3 nitrogen and oxygen atoms in total. The first kappa shape index (κ1) is 10.8. The Morgan fingerprint density at radius 3 is 2.33 bits per heavy atom. The standard InChI is InChI=1S/C10H8Br2N2O/c1-2-9-13-14-10(15-9)6-3-7(11)5-8(12)4-6/h3-5H,2H2,1H3. The summed E-state index contributed by atoms with van der Waals surface area (Å²) in [5.74, 6) is 1.20. The molecule has 1 aromatic heterocycles. The minimum absolute atomic E-state index is 0.550. The van der Waals surface area contributed by atoms with E-state index in [4.69, 9.17) is 4.42 Å². The van der Waals surface area contributed by atoms with Crippen molar-refractivity contribution in [2.45, 2.75) is 13.3 Å². The summed E-state index contributed by atoms with van der Waals surface area (Å²) in [6, 6.07) is 5.84. The zero-order chi connectivity index (χ0) is 10.8. The fourth-order valence-corrected chi connectivity index (χ4v) is 2.48. The third kappa shape index (κ3) is 2.46. The largest absolute Gasteiger partial charge is 0.421 e. The summed E-state index contributed by atoms with van der Waals surface area (Å²) in [5, 5.41) is 7.90. The highest BCUT2D eigenvalue weighted by Crippen LogP contribution is 2.26. The molecule has 2 rings (SSSR count). The van der Waals surface area contributed by atoms with Crippen LogP contribution in [0.5, 0.6) is 0 Å². The second kappa shape index (κ2) is 4.45. The van der Waals surface area contributed by atoms with Crippen LogP contribution in [0.3, 0.4) is 0 Å². The summed E-state index contributed by atoms with van der Waals surface area (Å²) in [5.41, 5.74) is 0.906. The van der Waals surface area contributed by atoms with E-state index in [0.29, 0.717) is 11.8 Å². The summed E-state index contributed by atoms with van der Waals surface area (Å²) in [6.45, 7) is 1.98. The molecule has 0 saturated heterocycles. The molecule has 0 aliphatic rings. The summed E-state index contributed by atoms with van der Waals surface area (Å²) in [7, 11) is 0. The number of halogens is 2. The van der Waals surface area contributed by atoms with E-state index in [1.165, 1.54) is 0 Å². The third-order valence-corrected chi connectivity index (χ3v) is 2.79. The second-order valence-electron chi connectivity index (χ2n) is 3.01. The Hall–Kier alpha value is -0.680. The number of aromatic nitrogens is 2. The predicted octanol–water partition coefficient (Wildman–Crippen LogP) is 3.82. The lowest BCUT2D eigenvalue weighted by atomic mass is 10.2. The average molecular weight is 332 g/mol. The first-order valence-corrected chi connectivity index (χ1v) is 6.06. The molecule has 1 heterocycles. The molecular weight excluding hydrogens is 324 g/mol. The van der Waals surface area contributed by atoms with E-state index in [1.54, 1.807) is 0 Å². The molecule has 5 heteroatoms. The first-order chi connectivity index (χ1) is 7.19. The predicted molar refractivity (Wildman–Crippen MR) is 64.5 cm³/mol. The van der Waals surface area contributed by atoms with Gasteiger partial charge in [0.15, 0.2) is 0 Å². The normalized spacial score (nSPS) is 10.6. The van der Waals surface area contributed by atoms with Crippen LogP contribution in [0.2, 0.25) is 0 Å². The highest BCUT2D eigenvalue weighted by atomic mass is 79.9. The molecule has 0 aliphatic heterocycles. The smallest absolute Gasteiger partial charge is 0.247 e. The molecule has 0 saturated carbocycles. The molecule has 0 aliphatic carbocycles. The van der Waals surface area contributed by atoms with Gasteiger partial charge >= 0.3 is 0 Å². The van der Waals surface area contributed by atoms with E-state index in [9.17, 15) is 0 Å². The molecule has 0 amide bonds. The molecule has 1 aromatic carbocycles. The molecular formula is C10H8Br2N2O. The van der Waals surface area contributed by atoms with Crippen molar-refractivity contribution in [1.82, 2.24) is 10.2 Å². The van der Waals surface area contributed by atoms with Gasteiger partial charge in [0.05, 0.1) is 0 Å². The summed E-state index contributed by atoms with van der Waals surface area (Å²) < 4.78 is 7.42. The SMILES string of the molecule is CCc1nnc(-c2cc(Br)cc(Br)c2)o1. The van der Waals surface area contributed by atoms with Crippen molar-refractivity contribution in [1.29, 1.82) is 0 Å². The maximum Gasteiger partial charge on any atom is 0.247 e. The van der Waals surface area contributed by atoms with Crippen molar-refractivity contribution in [3.05, 3.63) is 33.0 Å². The lowest BCUT2D eigenvalue weighted by Gasteiger charge is -1.97. The Morgan fingerprint density at radius 1 is 1.13 bits per heavy atom. The van der Waals surface area contributed by atoms with E-state index < -0.39 is 0 Å². The molecule has 78 valence electrons. The Bertz CT molecular complexity index is 462. The monoisotopic (exact) mass is 330 g/mol. The van der Waals surface area contributed by atoms with E-state index in [2.05, 4.69) is 42.1 Å². The molecule has 0 unspecified atom stereocenters. The van der Waals surface area contributed by atoms with E-state index in [1.807, 2.05) is 25.1 Å². The molecule has 0 fully saturated rings. The van der Waals surface area contributed by atoms with Gasteiger partial charge in [-0.1, -0.05) is 38.8 Å². The fraction of sp³-hybridized carbons (Fsp3) is 0.200. The van der Waals surface area contributed by atoms with Crippen LogP contribution in [0, 0.1) is 0 Å².